The molecule has 3 N–H and O–H groups in total. The standard InChI is InChI=1S/C27H49NO/c1-17(2)7-6-8-18(3)21-9-10-22-25-23(12-14-27(21,22)5)26(4)13-11-20(28)15-19(26)16-24(25)29/h17-25,29H,6-16,28H2,1-5H3/t18?,19-,20-,21-,22?,23?,24?,25?,26+,27-/m1/s1. The average Bonchev–Trinajstić information content (AvgIpc) is 3.00. The molecule has 2 heteroatoms. The summed E-state index contributed by atoms with van der Waals surface area (Å²) in [6, 6.07) is 0.369. The van der Waals surface area contributed by atoms with E-state index < -0.39 is 0 Å². The monoisotopic (exact) mass is 403 g/mol. The lowest BCUT2D eigenvalue weighted by Gasteiger charge is -2.62. The van der Waals surface area contributed by atoms with Crippen LogP contribution in [-0.4, -0.2) is 17.3 Å². The normalized spacial score (nSPS) is 50.7. The lowest BCUT2D eigenvalue weighted by molar-refractivity contribution is -0.166. The fraction of sp³-hybridized carbons (Fsp3) is 1.00. The van der Waals surface area contributed by atoms with Crippen LogP contribution in [0.15, 0.2) is 0 Å². The van der Waals surface area contributed by atoms with E-state index in [0.717, 1.165) is 42.4 Å². The van der Waals surface area contributed by atoms with Crippen molar-refractivity contribution in [2.24, 2.45) is 58.0 Å². The molecule has 0 radical (unpaired) electrons. The van der Waals surface area contributed by atoms with E-state index in [0.29, 0.717) is 28.7 Å². The SMILES string of the molecule is CC(C)CCCC(C)[C@H]1CCC2C3C(O)C[C@H]4C[C@H](N)CC[C@]4(C)C3CC[C@@]21C. The Labute approximate surface area is 180 Å². The van der Waals surface area contributed by atoms with Gasteiger partial charge in [-0.2, -0.15) is 0 Å². The van der Waals surface area contributed by atoms with Gasteiger partial charge in [-0.25, -0.2) is 0 Å². The second kappa shape index (κ2) is 8.12. The molecule has 0 bridgehead atoms. The van der Waals surface area contributed by atoms with E-state index in [9.17, 15) is 5.11 Å². The van der Waals surface area contributed by atoms with E-state index in [4.69, 9.17) is 5.73 Å². The molecule has 4 fully saturated rings. The lowest BCUT2D eigenvalue weighted by atomic mass is 9.43. The highest BCUT2D eigenvalue weighted by Crippen LogP contribution is 2.68. The maximum absolute atomic E-state index is 11.4. The molecule has 5 unspecified atom stereocenters. The number of aliphatic hydroxyl groups is 1. The van der Waals surface area contributed by atoms with Crippen molar-refractivity contribution in [3.05, 3.63) is 0 Å². The molecule has 4 aliphatic rings. The van der Waals surface area contributed by atoms with Crippen LogP contribution in [0, 0.1) is 52.3 Å². The third kappa shape index (κ3) is 3.73. The van der Waals surface area contributed by atoms with Gasteiger partial charge in [0.2, 0.25) is 0 Å². The number of aliphatic hydroxyl groups excluding tert-OH is 1. The maximum atomic E-state index is 11.4. The fourth-order valence-electron chi connectivity index (χ4n) is 9.28. The summed E-state index contributed by atoms with van der Waals surface area (Å²) in [5.74, 6) is 5.24. The molecule has 0 aromatic heterocycles. The van der Waals surface area contributed by atoms with Crippen molar-refractivity contribution in [2.75, 3.05) is 0 Å². The van der Waals surface area contributed by atoms with Crippen LogP contribution in [0.25, 0.3) is 0 Å². The van der Waals surface area contributed by atoms with Gasteiger partial charge in [-0.15, -0.1) is 0 Å². The molecule has 0 saturated heterocycles. The number of hydrogen-bond donors (Lipinski definition) is 2. The van der Waals surface area contributed by atoms with Crippen molar-refractivity contribution < 1.29 is 5.11 Å². The maximum Gasteiger partial charge on any atom is 0.0577 e. The molecule has 0 aromatic carbocycles. The molecular weight excluding hydrogens is 354 g/mol. The number of rotatable bonds is 5. The minimum absolute atomic E-state index is 0.0806. The Morgan fingerprint density at radius 2 is 1.59 bits per heavy atom. The van der Waals surface area contributed by atoms with Crippen LogP contribution in [0.2, 0.25) is 0 Å². The van der Waals surface area contributed by atoms with Gasteiger partial charge in [0, 0.05) is 6.04 Å². The van der Waals surface area contributed by atoms with Crippen molar-refractivity contribution >= 4 is 0 Å². The first kappa shape index (κ1) is 22.1. The smallest absolute Gasteiger partial charge is 0.0577 e. The van der Waals surface area contributed by atoms with Gasteiger partial charge in [0.15, 0.2) is 0 Å². The zero-order valence-electron chi connectivity index (χ0n) is 20.0. The summed E-state index contributed by atoms with van der Waals surface area (Å²) in [7, 11) is 0. The van der Waals surface area contributed by atoms with Crippen molar-refractivity contribution in [3.63, 3.8) is 0 Å². The van der Waals surface area contributed by atoms with Gasteiger partial charge in [-0.1, -0.05) is 53.9 Å². The Morgan fingerprint density at radius 3 is 2.31 bits per heavy atom. The summed E-state index contributed by atoms with van der Waals surface area (Å²) in [6.45, 7) is 12.5. The zero-order valence-corrected chi connectivity index (χ0v) is 20.0. The van der Waals surface area contributed by atoms with Gasteiger partial charge >= 0.3 is 0 Å². The lowest BCUT2D eigenvalue weighted by Crippen LogP contribution is -2.59. The number of hydrogen-bond acceptors (Lipinski definition) is 2. The molecule has 2 nitrogen and oxygen atoms in total. The average molecular weight is 404 g/mol. The highest BCUT2D eigenvalue weighted by molar-refractivity contribution is 5.12. The first-order valence-corrected chi connectivity index (χ1v) is 13.1. The summed E-state index contributed by atoms with van der Waals surface area (Å²) < 4.78 is 0. The van der Waals surface area contributed by atoms with E-state index in [1.54, 1.807) is 0 Å². The number of fused-ring (bicyclic) bond motifs is 5. The second-order valence-electron chi connectivity index (χ2n) is 12.9. The molecule has 10 atom stereocenters. The minimum Gasteiger partial charge on any atom is -0.393 e. The highest BCUT2D eigenvalue weighted by Gasteiger charge is 2.62. The molecule has 0 aromatic rings. The highest BCUT2D eigenvalue weighted by atomic mass is 16.3. The predicted molar refractivity (Wildman–Crippen MR) is 122 cm³/mol. The van der Waals surface area contributed by atoms with E-state index in [2.05, 4.69) is 34.6 Å². The largest absolute Gasteiger partial charge is 0.393 e. The van der Waals surface area contributed by atoms with Crippen LogP contribution >= 0.6 is 0 Å². The summed E-state index contributed by atoms with van der Waals surface area (Å²) >= 11 is 0. The van der Waals surface area contributed by atoms with E-state index in [1.807, 2.05) is 0 Å². The third-order valence-electron chi connectivity index (χ3n) is 10.9. The van der Waals surface area contributed by atoms with Gasteiger partial charge in [-0.05, 0) is 104 Å². The Morgan fingerprint density at radius 1 is 0.897 bits per heavy atom. The van der Waals surface area contributed by atoms with Gasteiger partial charge in [0.25, 0.3) is 0 Å². The molecule has 168 valence electrons. The first-order valence-electron chi connectivity index (χ1n) is 13.1. The summed E-state index contributed by atoms with van der Waals surface area (Å²) in [6.07, 6.45) is 14.3. The molecule has 0 amide bonds. The topological polar surface area (TPSA) is 46.2 Å². The minimum atomic E-state index is -0.0806. The molecule has 4 rings (SSSR count). The molecule has 4 saturated carbocycles. The molecular formula is C27H49NO. The van der Waals surface area contributed by atoms with Gasteiger partial charge in [-0.3, -0.25) is 0 Å². The Hall–Kier alpha value is -0.0800. The Bertz CT molecular complexity index is 575. The summed E-state index contributed by atoms with van der Waals surface area (Å²) in [4.78, 5) is 0. The Balaban J connectivity index is 1.50. The molecule has 0 heterocycles. The van der Waals surface area contributed by atoms with Crippen molar-refractivity contribution in [1.29, 1.82) is 0 Å². The third-order valence-corrected chi connectivity index (χ3v) is 10.9. The van der Waals surface area contributed by atoms with Crippen LogP contribution in [-0.2, 0) is 0 Å². The number of nitrogens with two attached hydrogens (primary N) is 1. The second-order valence-corrected chi connectivity index (χ2v) is 12.9. The van der Waals surface area contributed by atoms with Crippen LogP contribution in [0.5, 0.6) is 0 Å². The predicted octanol–water partition coefficient (Wildman–Crippen LogP) is 6.41. The Kier molecular flexibility index (Phi) is 6.19. The molecule has 0 aliphatic heterocycles. The van der Waals surface area contributed by atoms with Gasteiger partial charge < -0.3 is 10.8 Å². The molecule has 29 heavy (non-hydrogen) atoms. The van der Waals surface area contributed by atoms with Crippen molar-refractivity contribution in [3.8, 4) is 0 Å². The van der Waals surface area contributed by atoms with Gasteiger partial charge in [0.1, 0.15) is 0 Å². The van der Waals surface area contributed by atoms with E-state index in [-0.39, 0.29) is 6.10 Å². The van der Waals surface area contributed by atoms with Crippen molar-refractivity contribution in [1.82, 2.24) is 0 Å². The van der Waals surface area contributed by atoms with Crippen LogP contribution in [0.1, 0.15) is 105 Å². The quantitative estimate of drug-likeness (QED) is 0.557. The summed E-state index contributed by atoms with van der Waals surface area (Å²) in [5.41, 5.74) is 7.25. The molecule has 4 aliphatic carbocycles. The van der Waals surface area contributed by atoms with E-state index >= 15 is 0 Å². The first-order chi connectivity index (χ1) is 13.7. The zero-order chi connectivity index (χ0) is 21.0. The van der Waals surface area contributed by atoms with Gasteiger partial charge in [0.05, 0.1) is 6.10 Å². The molecule has 0 spiro atoms. The summed E-state index contributed by atoms with van der Waals surface area (Å²) in [5, 5.41) is 11.4. The van der Waals surface area contributed by atoms with Crippen molar-refractivity contribution in [2.45, 2.75) is 117 Å². The van der Waals surface area contributed by atoms with Crippen LogP contribution in [0.4, 0.5) is 0 Å². The van der Waals surface area contributed by atoms with Crippen LogP contribution < -0.4 is 5.73 Å². The fourth-order valence-corrected chi connectivity index (χ4v) is 9.28. The van der Waals surface area contributed by atoms with Crippen LogP contribution in [0.3, 0.4) is 0 Å². The van der Waals surface area contributed by atoms with E-state index in [1.165, 1.54) is 57.8 Å².